The molecule has 1 rings (SSSR count). The fourth-order valence-corrected chi connectivity index (χ4v) is 1.27. The van der Waals surface area contributed by atoms with Crippen molar-refractivity contribution in [2.45, 2.75) is 34.1 Å². The van der Waals surface area contributed by atoms with E-state index in [0.29, 0.717) is 5.41 Å². The van der Waals surface area contributed by atoms with Crippen LogP contribution in [0.2, 0.25) is 0 Å². The molecular formula is C11H18. The Labute approximate surface area is 70.0 Å². The van der Waals surface area contributed by atoms with Crippen molar-refractivity contribution in [3.8, 4) is 0 Å². The Morgan fingerprint density at radius 2 is 2.09 bits per heavy atom. The van der Waals surface area contributed by atoms with Crippen molar-refractivity contribution >= 4 is 0 Å². The Morgan fingerprint density at radius 3 is 2.45 bits per heavy atom. The maximum absolute atomic E-state index is 2.35. The van der Waals surface area contributed by atoms with E-state index in [-0.39, 0.29) is 0 Å². The van der Waals surface area contributed by atoms with Crippen LogP contribution in [0.25, 0.3) is 0 Å². The predicted molar refractivity (Wildman–Crippen MR) is 50.5 cm³/mol. The minimum Gasteiger partial charge on any atom is -0.0807 e. The van der Waals surface area contributed by atoms with Gasteiger partial charge >= 0.3 is 0 Å². The predicted octanol–water partition coefficient (Wildman–Crippen LogP) is 3.55. The van der Waals surface area contributed by atoms with Gasteiger partial charge < -0.3 is 0 Å². The van der Waals surface area contributed by atoms with Crippen LogP contribution in [0.4, 0.5) is 0 Å². The molecule has 1 atom stereocenters. The fraction of sp³-hybridized carbons (Fsp3) is 0.636. The first-order valence-electron chi connectivity index (χ1n) is 4.40. The van der Waals surface area contributed by atoms with Crippen LogP contribution >= 0.6 is 0 Å². The third-order valence-corrected chi connectivity index (χ3v) is 2.91. The average molecular weight is 150 g/mol. The molecule has 0 heteroatoms. The van der Waals surface area contributed by atoms with Crippen LogP contribution in [0.5, 0.6) is 0 Å². The molecule has 0 fully saturated rings. The molecule has 0 spiro atoms. The van der Waals surface area contributed by atoms with E-state index < -0.39 is 0 Å². The van der Waals surface area contributed by atoms with Crippen LogP contribution in [-0.4, -0.2) is 0 Å². The molecule has 11 heavy (non-hydrogen) atoms. The first-order valence-corrected chi connectivity index (χ1v) is 4.40. The third kappa shape index (κ3) is 1.74. The summed E-state index contributed by atoms with van der Waals surface area (Å²) in [7, 11) is 0. The molecule has 0 saturated carbocycles. The Morgan fingerprint density at radius 1 is 1.45 bits per heavy atom. The molecule has 62 valence electrons. The van der Waals surface area contributed by atoms with Gasteiger partial charge in [-0.25, -0.2) is 0 Å². The van der Waals surface area contributed by atoms with Gasteiger partial charge in [-0.1, -0.05) is 44.6 Å². The molecular weight excluding hydrogens is 132 g/mol. The van der Waals surface area contributed by atoms with Crippen LogP contribution in [0.15, 0.2) is 23.8 Å². The zero-order valence-corrected chi connectivity index (χ0v) is 8.02. The van der Waals surface area contributed by atoms with Gasteiger partial charge in [-0.3, -0.25) is 0 Å². The molecule has 0 aromatic rings. The average Bonchev–Trinajstić information content (AvgIpc) is 1.95. The quantitative estimate of drug-likeness (QED) is 0.536. The highest BCUT2D eigenvalue weighted by Crippen LogP contribution is 2.36. The second kappa shape index (κ2) is 2.84. The monoisotopic (exact) mass is 150 g/mol. The van der Waals surface area contributed by atoms with Crippen molar-refractivity contribution in [1.82, 2.24) is 0 Å². The lowest BCUT2D eigenvalue weighted by molar-refractivity contribution is 0.298. The summed E-state index contributed by atoms with van der Waals surface area (Å²) >= 11 is 0. The standard InChI is InChI=1S/C11H18/c1-9(2)11(4)7-5-10(3)6-8-11/h5-7,9H,8H2,1-4H3/t11-/m1/s1. The summed E-state index contributed by atoms with van der Waals surface area (Å²) in [6.45, 7) is 9.07. The molecule has 1 aliphatic carbocycles. The molecule has 0 radical (unpaired) electrons. The van der Waals surface area contributed by atoms with Gasteiger partial charge in [0.2, 0.25) is 0 Å². The highest BCUT2D eigenvalue weighted by atomic mass is 14.3. The molecule has 0 heterocycles. The smallest absolute Gasteiger partial charge is 0.00857 e. The van der Waals surface area contributed by atoms with Crippen LogP contribution < -0.4 is 0 Å². The van der Waals surface area contributed by atoms with Crippen molar-refractivity contribution in [3.05, 3.63) is 23.8 Å². The van der Waals surface area contributed by atoms with Gasteiger partial charge in [-0.2, -0.15) is 0 Å². The minimum atomic E-state index is 0.402. The van der Waals surface area contributed by atoms with Crippen molar-refractivity contribution in [1.29, 1.82) is 0 Å². The van der Waals surface area contributed by atoms with Crippen LogP contribution in [0.1, 0.15) is 34.1 Å². The second-order valence-electron chi connectivity index (χ2n) is 4.15. The van der Waals surface area contributed by atoms with Gasteiger partial charge in [0.1, 0.15) is 0 Å². The van der Waals surface area contributed by atoms with E-state index in [2.05, 4.69) is 45.9 Å². The van der Waals surface area contributed by atoms with E-state index in [0.717, 1.165) is 5.92 Å². The number of hydrogen-bond acceptors (Lipinski definition) is 0. The first kappa shape index (κ1) is 8.58. The third-order valence-electron chi connectivity index (χ3n) is 2.91. The minimum absolute atomic E-state index is 0.402. The van der Waals surface area contributed by atoms with E-state index in [4.69, 9.17) is 0 Å². The zero-order valence-electron chi connectivity index (χ0n) is 8.02. The van der Waals surface area contributed by atoms with Crippen LogP contribution in [-0.2, 0) is 0 Å². The van der Waals surface area contributed by atoms with Crippen molar-refractivity contribution in [2.75, 3.05) is 0 Å². The van der Waals surface area contributed by atoms with E-state index in [9.17, 15) is 0 Å². The first-order chi connectivity index (χ1) is 5.04. The van der Waals surface area contributed by atoms with Gasteiger partial charge in [0.25, 0.3) is 0 Å². The molecule has 0 aromatic carbocycles. The van der Waals surface area contributed by atoms with E-state index >= 15 is 0 Å². The topological polar surface area (TPSA) is 0 Å². The summed E-state index contributed by atoms with van der Waals surface area (Å²) in [5.41, 5.74) is 1.81. The van der Waals surface area contributed by atoms with E-state index in [1.807, 2.05) is 0 Å². The van der Waals surface area contributed by atoms with Gasteiger partial charge in [0, 0.05) is 0 Å². The summed E-state index contributed by atoms with van der Waals surface area (Å²) in [5.74, 6) is 0.739. The van der Waals surface area contributed by atoms with Crippen molar-refractivity contribution in [3.63, 3.8) is 0 Å². The van der Waals surface area contributed by atoms with Gasteiger partial charge in [-0.15, -0.1) is 0 Å². The highest BCUT2D eigenvalue weighted by molar-refractivity contribution is 5.24. The Bertz CT molecular complexity index is 196. The van der Waals surface area contributed by atoms with Gasteiger partial charge in [0.15, 0.2) is 0 Å². The molecule has 0 unspecified atom stereocenters. The number of rotatable bonds is 1. The number of hydrogen-bond donors (Lipinski definition) is 0. The Hall–Kier alpha value is -0.520. The lowest BCUT2D eigenvalue weighted by Crippen LogP contribution is -2.21. The second-order valence-corrected chi connectivity index (χ2v) is 4.15. The van der Waals surface area contributed by atoms with Gasteiger partial charge in [0.05, 0.1) is 0 Å². The summed E-state index contributed by atoms with van der Waals surface area (Å²) in [6, 6.07) is 0. The van der Waals surface area contributed by atoms with E-state index in [1.54, 1.807) is 0 Å². The molecule has 1 aliphatic rings. The summed E-state index contributed by atoms with van der Waals surface area (Å²) in [4.78, 5) is 0. The summed E-state index contributed by atoms with van der Waals surface area (Å²) in [5, 5.41) is 0. The lowest BCUT2D eigenvalue weighted by atomic mass is 9.73. The lowest BCUT2D eigenvalue weighted by Gasteiger charge is -2.31. The fourth-order valence-electron chi connectivity index (χ4n) is 1.27. The SMILES string of the molecule is CC1=CC[C@](C)(C(C)C)C=C1. The van der Waals surface area contributed by atoms with E-state index in [1.165, 1.54) is 12.0 Å². The molecule has 0 aromatic heterocycles. The zero-order chi connectivity index (χ0) is 8.48. The summed E-state index contributed by atoms with van der Waals surface area (Å²) in [6.07, 6.45) is 8.13. The Kier molecular flexibility index (Phi) is 2.22. The molecule has 0 aliphatic heterocycles. The normalized spacial score (nSPS) is 30.8. The van der Waals surface area contributed by atoms with Crippen molar-refractivity contribution < 1.29 is 0 Å². The molecule has 0 nitrogen and oxygen atoms in total. The Balaban J connectivity index is 2.74. The largest absolute Gasteiger partial charge is 0.0807 e. The van der Waals surface area contributed by atoms with Crippen LogP contribution in [0.3, 0.4) is 0 Å². The molecule has 0 amide bonds. The molecule has 0 bridgehead atoms. The van der Waals surface area contributed by atoms with Crippen LogP contribution in [0, 0.1) is 11.3 Å². The van der Waals surface area contributed by atoms with Crippen molar-refractivity contribution in [2.24, 2.45) is 11.3 Å². The summed E-state index contributed by atoms with van der Waals surface area (Å²) < 4.78 is 0. The highest BCUT2D eigenvalue weighted by Gasteiger charge is 2.25. The molecule has 0 N–H and O–H groups in total. The maximum atomic E-state index is 2.35. The van der Waals surface area contributed by atoms with Gasteiger partial charge in [-0.05, 0) is 24.7 Å². The molecule has 0 saturated heterocycles. The number of allylic oxidation sites excluding steroid dienone is 4. The maximum Gasteiger partial charge on any atom is -0.00857 e.